The van der Waals surface area contributed by atoms with Crippen molar-refractivity contribution in [2.75, 3.05) is 11.6 Å². The largest absolute Gasteiger partial charge is 0.335 e. The van der Waals surface area contributed by atoms with Crippen LogP contribution in [0, 0.1) is 11.7 Å². The zero-order chi connectivity index (χ0) is 32.0. The fourth-order valence-corrected chi connectivity index (χ4v) is 6.58. The molecule has 0 spiro atoms. The summed E-state index contributed by atoms with van der Waals surface area (Å²) < 4.78 is 38.8. The van der Waals surface area contributed by atoms with E-state index in [1.165, 1.54) is 24.8 Å². The van der Waals surface area contributed by atoms with Gasteiger partial charge in [-0.25, -0.2) is 17.8 Å². The van der Waals surface area contributed by atoms with Crippen molar-refractivity contribution in [2.45, 2.75) is 37.5 Å². The first-order valence-corrected chi connectivity index (χ1v) is 16.8. The second-order valence-corrected chi connectivity index (χ2v) is 13.8. The molecule has 1 saturated carbocycles. The molecule has 12 nitrogen and oxygen atoms in total. The first kappa shape index (κ1) is 29.6. The van der Waals surface area contributed by atoms with Crippen LogP contribution in [-0.2, 0) is 14.6 Å². The quantitative estimate of drug-likeness (QED) is 0.180. The van der Waals surface area contributed by atoms with E-state index in [1.807, 2.05) is 12.1 Å². The molecule has 1 aromatic carbocycles. The highest BCUT2D eigenvalue weighted by atomic mass is 32.2. The highest BCUT2D eigenvalue weighted by Gasteiger charge is 2.23. The standard InChI is InChI=1S/C32H30FN9O3S/c1-46(44,45)30(34)19-7-18(8-21(33)9-19)24-14-36-15-27-28(24)40-31(39-27)29-23-11-25(37-16-26(23)41-42-29)20-10-22(13-35-12-20)38-32(43)17-5-3-2-4-6-17/h7-17,30H,2-6,34H2,1H3,(H,38,43)(H,39,40)(H,41,42). The van der Waals surface area contributed by atoms with Gasteiger partial charge in [-0.1, -0.05) is 19.3 Å². The number of benzene rings is 1. The number of anilines is 1. The maximum absolute atomic E-state index is 14.7. The number of halogens is 1. The topological polar surface area (TPSA) is 185 Å². The van der Waals surface area contributed by atoms with Gasteiger partial charge in [-0.05, 0) is 54.3 Å². The Hall–Kier alpha value is -5.08. The molecule has 234 valence electrons. The predicted molar refractivity (Wildman–Crippen MR) is 172 cm³/mol. The number of carbonyl (C=O) groups excluding carboxylic acids is 1. The van der Waals surface area contributed by atoms with E-state index in [-0.39, 0.29) is 17.4 Å². The van der Waals surface area contributed by atoms with Crippen molar-refractivity contribution in [2.24, 2.45) is 11.7 Å². The van der Waals surface area contributed by atoms with Gasteiger partial charge in [-0.15, -0.1) is 0 Å². The van der Waals surface area contributed by atoms with Crippen molar-refractivity contribution in [1.29, 1.82) is 0 Å². The third kappa shape index (κ3) is 5.72. The fourth-order valence-electron chi connectivity index (χ4n) is 5.95. The van der Waals surface area contributed by atoms with Crippen LogP contribution < -0.4 is 11.1 Å². The molecule has 5 aromatic heterocycles. The zero-order valence-corrected chi connectivity index (χ0v) is 25.6. The summed E-state index contributed by atoms with van der Waals surface area (Å²) in [5, 5.41) is 9.85. The van der Waals surface area contributed by atoms with E-state index in [1.54, 1.807) is 24.8 Å². The fraction of sp³-hybridized carbons (Fsp3) is 0.250. The average molecular weight is 640 g/mol. The zero-order valence-electron chi connectivity index (χ0n) is 24.8. The number of rotatable bonds is 7. The minimum Gasteiger partial charge on any atom is -0.335 e. The number of H-pyrrole nitrogens is 2. The van der Waals surface area contributed by atoms with Crippen molar-refractivity contribution in [1.82, 2.24) is 35.1 Å². The molecule has 1 fully saturated rings. The van der Waals surface area contributed by atoms with Gasteiger partial charge in [-0.2, -0.15) is 5.10 Å². The van der Waals surface area contributed by atoms with Gasteiger partial charge in [-0.3, -0.25) is 24.8 Å². The predicted octanol–water partition coefficient (Wildman–Crippen LogP) is 5.29. The Morgan fingerprint density at radius 3 is 2.59 bits per heavy atom. The number of hydrogen-bond acceptors (Lipinski definition) is 9. The number of nitrogens with one attached hydrogen (secondary N) is 3. The number of fused-ring (bicyclic) bond motifs is 2. The molecule has 1 aliphatic rings. The molecule has 5 heterocycles. The summed E-state index contributed by atoms with van der Waals surface area (Å²) in [6.07, 6.45) is 14.2. The van der Waals surface area contributed by atoms with Gasteiger partial charge in [0.1, 0.15) is 16.9 Å². The highest BCUT2D eigenvalue weighted by molar-refractivity contribution is 7.90. The Bertz CT molecular complexity index is 2230. The highest BCUT2D eigenvalue weighted by Crippen LogP contribution is 2.34. The van der Waals surface area contributed by atoms with Crippen LogP contribution in [-0.4, -0.2) is 55.7 Å². The SMILES string of the molecule is CS(=O)(=O)C(N)c1cc(F)cc(-c2cncc3[nH]c(-c4n[nH]c5cnc(-c6cncc(NC(=O)C7CCCCC7)c6)cc45)nc23)c1. The van der Waals surface area contributed by atoms with Gasteiger partial charge in [0, 0.05) is 41.1 Å². The number of amides is 1. The minimum absolute atomic E-state index is 0.0191. The third-order valence-electron chi connectivity index (χ3n) is 8.36. The maximum Gasteiger partial charge on any atom is 0.227 e. The molecule has 1 atom stereocenters. The first-order valence-electron chi connectivity index (χ1n) is 14.8. The summed E-state index contributed by atoms with van der Waals surface area (Å²) >= 11 is 0. The summed E-state index contributed by atoms with van der Waals surface area (Å²) in [7, 11) is -3.66. The Labute approximate surface area is 263 Å². The summed E-state index contributed by atoms with van der Waals surface area (Å²) in [5.74, 6) is -0.160. The minimum atomic E-state index is -3.66. The van der Waals surface area contributed by atoms with Crippen LogP contribution in [0.25, 0.3) is 55.8 Å². The van der Waals surface area contributed by atoms with Crippen LogP contribution in [0.2, 0.25) is 0 Å². The van der Waals surface area contributed by atoms with E-state index in [9.17, 15) is 17.6 Å². The molecular weight excluding hydrogens is 609 g/mol. The molecule has 5 N–H and O–H groups in total. The number of aromatic amines is 2. The Balaban J connectivity index is 1.23. The average Bonchev–Trinajstić information content (AvgIpc) is 3.68. The molecule has 7 rings (SSSR count). The summed E-state index contributed by atoms with van der Waals surface area (Å²) in [6.45, 7) is 0. The van der Waals surface area contributed by atoms with Gasteiger partial charge < -0.3 is 16.0 Å². The molecule has 6 aromatic rings. The molecule has 0 radical (unpaired) electrons. The van der Waals surface area contributed by atoms with E-state index < -0.39 is 21.0 Å². The molecule has 1 unspecified atom stereocenters. The van der Waals surface area contributed by atoms with E-state index >= 15 is 0 Å². The van der Waals surface area contributed by atoms with Crippen molar-refractivity contribution in [3.8, 4) is 33.9 Å². The van der Waals surface area contributed by atoms with Crippen LogP contribution in [0.15, 0.2) is 61.3 Å². The third-order valence-corrected chi connectivity index (χ3v) is 9.56. The van der Waals surface area contributed by atoms with Crippen LogP contribution >= 0.6 is 0 Å². The number of pyridine rings is 3. The van der Waals surface area contributed by atoms with Crippen LogP contribution in [0.4, 0.5) is 10.1 Å². The lowest BCUT2D eigenvalue weighted by atomic mass is 9.88. The molecule has 0 aliphatic heterocycles. The number of nitrogens with zero attached hydrogens (tertiary/aromatic N) is 5. The Morgan fingerprint density at radius 2 is 1.78 bits per heavy atom. The molecule has 14 heteroatoms. The van der Waals surface area contributed by atoms with E-state index in [2.05, 4.69) is 35.5 Å². The van der Waals surface area contributed by atoms with Crippen molar-refractivity contribution in [3.05, 3.63) is 72.7 Å². The second kappa shape index (κ2) is 11.7. The van der Waals surface area contributed by atoms with Crippen molar-refractivity contribution < 1.29 is 17.6 Å². The van der Waals surface area contributed by atoms with Gasteiger partial charge in [0.25, 0.3) is 0 Å². The molecular formula is C32H30FN9O3S. The van der Waals surface area contributed by atoms with Gasteiger partial charge >= 0.3 is 0 Å². The lowest BCUT2D eigenvalue weighted by Crippen LogP contribution is -2.24. The Kier molecular flexibility index (Phi) is 7.53. The molecule has 1 aliphatic carbocycles. The van der Waals surface area contributed by atoms with Crippen molar-refractivity contribution >= 4 is 43.4 Å². The monoisotopic (exact) mass is 639 g/mol. The second-order valence-electron chi connectivity index (χ2n) is 11.7. The number of nitrogens with two attached hydrogens (primary N) is 1. The lowest BCUT2D eigenvalue weighted by Gasteiger charge is -2.20. The number of carbonyl (C=O) groups is 1. The Morgan fingerprint density at radius 1 is 0.978 bits per heavy atom. The lowest BCUT2D eigenvalue weighted by molar-refractivity contribution is -0.120. The van der Waals surface area contributed by atoms with Crippen LogP contribution in [0.3, 0.4) is 0 Å². The van der Waals surface area contributed by atoms with Crippen LogP contribution in [0.5, 0.6) is 0 Å². The van der Waals surface area contributed by atoms with Gasteiger partial charge in [0.05, 0.1) is 46.5 Å². The number of aromatic nitrogens is 7. The van der Waals surface area contributed by atoms with Gasteiger partial charge in [0.15, 0.2) is 15.7 Å². The maximum atomic E-state index is 14.7. The first-order chi connectivity index (χ1) is 22.1. The van der Waals surface area contributed by atoms with E-state index in [4.69, 9.17) is 10.7 Å². The molecule has 0 bridgehead atoms. The number of imidazole rings is 1. The molecule has 0 saturated heterocycles. The number of sulfone groups is 1. The molecule has 46 heavy (non-hydrogen) atoms. The van der Waals surface area contributed by atoms with E-state index in [0.29, 0.717) is 50.6 Å². The number of hydrogen-bond donors (Lipinski definition) is 4. The summed E-state index contributed by atoms with van der Waals surface area (Å²) in [6, 6.07) is 7.64. The molecule has 1 amide bonds. The van der Waals surface area contributed by atoms with Gasteiger partial charge in [0.2, 0.25) is 5.91 Å². The smallest absolute Gasteiger partial charge is 0.227 e. The van der Waals surface area contributed by atoms with Crippen molar-refractivity contribution in [3.63, 3.8) is 0 Å². The van der Waals surface area contributed by atoms with Crippen LogP contribution in [0.1, 0.15) is 43.0 Å². The normalized spacial score (nSPS) is 14.9. The summed E-state index contributed by atoms with van der Waals surface area (Å²) in [4.78, 5) is 34.1. The summed E-state index contributed by atoms with van der Waals surface area (Å²) in [5.41, 5.74) is 11.1. The van der Waals surface area contributed by atoms with E-state index in [0.717, 1.165) is 49.0 Å².